The van der Waals surface area contributed by atoms with E-state index in [1.54, 1.807) is 12.1 Å². The van der Waals surface area contributed by atoms with Gasteiger partial charge in [-0.3, -0.25) is 0 Å². The lowest BCUT2D eigenvalue weighted by molar-refractivity contribution is 0.475. The van der Waals surface area contributed by atoms with Gasteiger partial charge in [0.25, 0.3) is 0 Å². The predicted octanol–water partition coefficient (Wildman–Crippen LogP) is 2.87. The molecule has 1 aliphatic carbocycles. The first-order valence-corrected chi connectivity index (χ1v) is 5.89. The third-order valence-electron chi connectivity index (χ3n) is 3.36. The van der Waals surface area contributed by atoms with E-state index in [4.69, 9.17) is 5.73 Å². The lowest BCUT2D eigenvalue weighted by atomic mass is 10.0. The number of benzene rings is 2. The summed E-state index contributed by atoms with van der Waals surface area (Å²) >= 11 is 0. The first kappa shape index (κ1) is 10.4. The highest BCUT2D eigenvalue weighted by molar-refractivity contribution is 5.65. The van der Waals surface area contributed by atoms with Gasteiger partial charge in [0.1, 0.15) is 5.75 Å². The third-order valence-corrected chi connectivity index (χ3v) is 3.36. The third kappa shape index (κ3) is 2.04. The Labute approximate surface area is 101 Å². The summed E-state index contributed by atoms with van der Waals surface area (Å²) in [5.74, 6) is 0.851. The van der Waals surface area contributed by atoms with Crippen LogP contribution < -0.4 is 5.73 Å². The van der Waals surface area contributed by atoms with Crippen molar-refractivity contribution in [3.63, 3.8) is 0 Å². The Morgan fingerprint density at radius 3 is 2.29 bits per heavy atom. The molecule has 86 valence electrons. The number of hydrogen-bond acceptors (Lipinski definition) is 2. The number of nitrogens with two attached hydrogens (primary N) is 1. The summed E-state index contributed by atoms with van der Waals surface area (Å²) in [5, 5.41) is 9.45. The van der Waals surface area contributed by atoms with Crippen LogP contribution in [-0.2, 0) is 0 Å². The molecule has 0 amide bonds. The first-order valence-electron chi connectivity index (χ1n) is 5.89. The van der Waals surface area contributed by atoms with Crippen LogP contribution in [0, 0.1) is 0 Å². The van der Waals surface area contributed by atoms with E-state index in [2.05, 4.69) is 24.3 Å². The molecule has 0 bridgehead atoms. The van der Waals surface area contributed by atoms with E-state index < -0.39 is 0 Å². The Morgan fingerprint density at radius 1 is 1.00 bits per heavy atom. The van der Waals surface area contributed by atoms with Crippen molar-refractivity contribution in [2.45, 2.75) is 18.4 Å². The zero-order valence-electron chi connectivity index (χ0n) is 9.51. The van der Waals surface area contributed by atoms with Crippen molar-refractivity contribution >= 4 is 0 Å². The minimum absolute atomic E-state index is 0.302. The average Bonchev–Trinajstić information content (AvgIpc) is 3.07. The molecular formula is C15H15NO. The van der Waals surface area contributed by atoms with Gasteiger partial charge in [-0.1, -0.05) is 36.4 Å². The number of rotatable bonds is 2. The quantitative estimate of drug-likeness (QED) is 0.825. The summed E-state index contributed by atoms with van der Waals surface area (Å²) in [4.78, 5) is 0. The topological polar surface area (TPSA) is 46.2 Å². The molecule has 3 N–H and O–H groups in total. The van der Waals surface area contributed by atoms with Crippen molar-refractivity contribution in [3.05, 3.63) is 54.1 Å². The Balaban J connectivity index is 1.89. The molecule has 1 aliphatic rings. The fourth-order valence-corrected chi connectivity index (χ4v) is 2.21. The summed E-state index contributed by atoms with van der Waals surface area (Å²) in [6.07, 6.45) is 1.10. The molecule has 3 rings (SSSR count). The van der Waals surface area contributed by atoms with Crippen molar-refractivity contribution in [1.82, 2.24) is 0 Å². The van der Waals surface area contributed by atoms with Crippen LogP contribution in [0.1, 0.15) is 17.9 Å². The van der Waals surface area contributed by atoms with Crippen molar-refractivity contribution < 1.29 is 5.11 Å². The van der Waals surface area contributed by atoms with Gasteiger partial charge >= 0.3 is 0 Å². The van der Waals surface area contributed by atoms with Gasteiger partial charge in [-0.2, -0.15) is 0 Å². The largest absolute Gasteiger partial charge is 0.508 e. The standard InChI is InChI=1S/C15H15NO/c16-15-9-14(15)11-6-4-10(5-7-11)12-2-1-3-13(17)8-12/h1-8,14-15,17H,9,16H2/t14-,15-/m0/s1. The molecular weight excluding hydrogens is 210 g/mol. The molecule has 0 spiro atoms. The summed E-state index contributed by atoms with van der Waals surface area (Å²) in [5.41, 5.74) is 9.32. The van der Waals surface area contributed by atoms with Crippen LogP contribution in [0.5, 0.6) is 5.75 Å². The minimum atomic E-state index is 0.302. The van der Waals surface area contributed by atoms with E-state index in [0.29, 0.717) is 17.7 Å². The normalized spacial score (nSPS) is 22.4. The van der Waals surface area contributed by atoms with Crippen LogP contribution >= 0.6 is 0 Å². The van der Waals surface area contributed by atoms with E-state index in [1.165, 1.54) is 5.56 Å². The lowest BCUT2D eigenvalue weighted by Gasteiger charge is -2.04. The van der Waals surface area contributed by atoms with Gasteiger partial charge in [0.15, 0.2) is 0 Å². The molecule has 0 heterocycles. The smallest absolute Gasteiger partial charge is 0.116 e. The monoisotopic (exact) mass is 225 g/mol. The van der Waals surface area contributed by atoms with Crippen LogP contribution in [0.15, 0.2) is 48.5 Å². The van der Waals surface area contributed by atoms with Crippen LogP contribution in [0.3, 0.4) is 0 Å². The van der Waals surface area contributed by atoms with Gasteiger partial charge < -0.3 is 10.8 Å². The highest BCUT2D eigenvalue weighted by Crippen LogP contribution is 2.39. The highest BCUT2D eigenvalue weighted by atomic mass is 16.3. The van der Waals surface area contributed by atoms with Crippen LogP contribution in [0.4, 0.5) is 0 Å². The molecule has 0 radical (unpaired) electrons. The summed E-state index contributed by atoms with van der Waals surface area (Å²) in [6, 6.07) is 16.1. The summed E-state index contributed by atoms with van der Waals surface area (Å²) in [6.45, 7) is 0. The average molecular weight is 225 g/mol. The molecule has 2 aromatic rings. The fourth-order valence-electron chi connectivity index (χ4n) is 2.21. The highest BCUT2D eigenvalue weighted by Gasteiger charge is 2.34. The number of aromatic hydroxyl groups is 1. The van der Waals surface area contributed by atoms with Gasteiger partial charge in [-0.25, -0.2) is 0 Å². The summed E-state index contributed by atoms with van der Waals surface area (Å²) in [7, 11) is 0. The summed E-state index contributed by atoms with van der Waals surface area (Å²) < 4.78 is 0. The minimum Gasteiger partial charge on any atom is -0.508 e. The molecule has 0 saturated heterocycles. The maximum Gasteiger partial charge on any atom is 0.116 e. The molecule has 1 saturated carbocycles. The Bertz CT molecular complexity index is 533. The second-order valence-electron chi connectivity index (χ2n) is 4.68. The Hall–Kier alpha value is -1.80. The zero-order chi connectivity index (χ0) is 11.8. The van der Waals surface area contributed by atoms with Crippen LogP contribution in [0.25, 0.3) is 11.1 Å². The SMILES string of the molecule is N[C@H]1C[C@H]1c1ccc(-c2cccc(O)c2)cc1. The number of phenolic OH excluding ortho intramolecular Hbond substituents is 1. The number of phenols is 1. The van der Waals surface area contributed by atoms with Crippen molar-refractivity contribution in [2.75, 3.05) is 0 Å². The molecule has 0 aromatic heterocycles. The lowest BCUT2D eigenvalue weighted by Crippen LogP contribution is -2.00. The van der Waals surface area contributed by atoms with Crippen molar-refractivity contribution in [3.8, 4) is 16.9 Å². The van der Waals surface area contributed by atoms with E-state index in [9.17, 15) is 5.11 Å². The van der Waals surface area contributed by atoms with Gasteiger partial charge in [-0.05, 0) is 35.2 Å². The van der Waals surface area contributed by atoms with Crippen LogP contribution in [-0.4, -0.2) is 11.1 Å². The van der Waals surface area contributed by atoms with E-state index in [0.717, 1.165) is 17.5 Å². The molecule has 1 fully saturated rings. The van der Waals surface area contributed by atoms with E-state index >= 15 is 0 Å². The predicted molar refractivity (Wildman–Crippen MR) is 68.9 cm³/mol. The maximum absolute atomic E-state index is 9.45. The molecule has 17 heavy (non-hydrogen) atoms. The van der Waals surface area contributed by atoms with Gasteiger partial charge in [0, 0.05) is 12.0 Å². The Kier molecular flexibility index (Phi) is 2.37. The molecule has 2 atom stereocenters. The van der Waals surface area contributed by atoms with E-state index in [-0.39, 0.29) is 0 Å². The molecule has 2 heteroatoms. The molecule has 2 nitrogen and oxygen atoms in total. The van der Waals surface area contributed by atoms with Crippen molar-refractivity contribution in [2.24, 2.45) is 5.73 Å². The molecule has 2 aromatic carbocycles. The number of hydrogen-bond donors (Lipinski definition) is 2. The maximum atomic E-state index is 9.45. The fraction of sp³-hybridized carbons (Fsp3) is 0.200. The van der Waals surface area contributed by atoms with Gasteiger partial charge in [0.05, 0.1) is 0 Å². The van der Waals surface area contributed by atoms with E-state index in [1.807, 2.05) is 12.1 Å². The second kappa shape index (κ2) is 3.90. The molecule has 0 aliphatic heterocycles. The first-order chi connectivity index (χ1) is 8.24. The molecule has 0 unspecified atom stereocenters. The van der Waals surface area contributed by atoms with Gasteiger partial charge in [-0.15, -0.1) is 0 Å². The Morgan fingerprint density at radius 2 is 1.71 bits per heavy atom. The zero-order valence-corrected chi connectivity index (χ0v) is 9.51. The second-order valence-corrected chi connectivity index (χ2v) is 4.68. The van der Waals surface area contributed by atoms with Crippen LogP contribution in [0.2, 0.25) is 0 Å². The van der Waals surface area contributed by atoms with Crippen molar-refractivity contribution in [1.29, 1.82) is 0 Å². The van der Waals surface area contributed by atoms with Gasteiger partial charge in [0.2, 0.25) is 0 Å².